The Morgan fingerprint density at radius 3 is 1.90 bits per heavy atom. The molecule has 1 N–H and O–H groups in total. The Balaban J connectivity index is 1.87. The van der Waals surface area contributed by atoms with Crippen LogP contribution in [0.25, 0.3) is 49.3 Å². The van der Waals surface area contributed by atoms with Gasteiger partial charge in [0.25, 0.3) is 0 Å². The molecule has 31 heavy (non-hydrogen) atoms. The van der Waals surface area contributed by atoms with E-state index in [-0.39, 0.29) is 0 Å². The second kappa shape index (κ2) is 6.40. The Hall–Kier alpha value is -3.20. The SMILES string of the molecule is Bc1c(B)c(B)c(-n2c3ccccc3c3c4[nH]c5ccccc5c4ccc32)c(B)c1B. The first-order valence-electron chi connectivity index (χ1n) is 11.0. The monoisotopic (exact) mass is 392 g/mol. The Labute approximate surface area is 186 Å². The second-order valence-corrected chi connectivity index (χ2v) is 8.88. The number of nitrogens with one attached hydrogen (secondary N) is 1. The molecule has 6 rings (SSSR count). The lowest BCUT2D eigenvalue weighted by Gasteiger charge is -2.22. The molecule has 0 unspecified atom stereocenters. The molecule has 7 heteroatoms. The molecule has 0 saturated heterocycles. The van der Waals surface area contributed by atoms with Crippen LogP contribution in [0.3, 0.4) is 0 Å². The van der Waals surface area contributed by atoms with Gasteiger partial charge in [0.05, 0.1) is 16.6 Å². The fourth-order valence-electron chi connectivity index (χ4n) is 5.43. The van der Waals surface area contributed by atoms with E-state index >= 15 is 0 Å². The van der Waals surface area contributed by atoms with Gasteiger partial charge in [0.15, 0.2) is 0 Å². The van der Waals surface area contributed by atoms with E-state index in [4.69, 9.17) is 0 Å². The van der Waals surface area contributed by atoms with Gasteiger partial charge in [0.2, 0.25) is 0 Å². The van der Waals surface area contributed by atoms with Crippen molar-refractivity contribution < 1.29 is 0 Å². The van der Waals surface area contributed by atoms with Gasteiger partial charge in [-0.3, -0.25) is 0 Å². The third kappa shape index (κ3) is 2.35. The van der Waals surface area contributed by atoms with Gasteiger partial charge < -0.3 is 9.55 Å². The molecule has 0 radical (unpaired) electrons. The van der Waals surface area contributed by atoms with E-state index in [1.165, 1.54) is 76.6 Å². The zero-order valence-electron chi connectivity index (χ0n) is 18.7. The molecule has 6 aromatic rings. The summed E-state index contributed by atoms with van der Waals surface area (Å²) < 4.78 is 2.49. The van der Waals surface area contributed by atoms with Gasteiger partial charge in [-0.25, -0.2) is 0 Å². The van der Waals surface area contributed by atoms with Crippen LogP contribution in [-0.2, 0) is 0 Å². The number of hydrogen-bond acceptors (Lipinski definition) is 0. The predicted octanol–water partition coefficient (Wildman–Crippen LogP) is -2.29. The molecule has 2 nitrogen and oxygen atoms in total. The Kier molecular flexibility index (Phi) is 3.83. The maximum Gasteiger partial charge on any atom is 0.141 e. The molecular weight excluding hydrogens is 370 g/mol. The van der Waals surface area contributed by atoms with E-state index in [0.29, 0.717) is 0 Å². The van der Waals surface area contributed by atoms with Crippen LogP contribution in [0.5, 0.6) is 0 Å². The molecule has 142 valence electrons. The van der Waals surface area contributed by atoms with Gasteiger partial charge in [-0.1, -0.05) is 64.3 Å². The van der Waals surface area contributed by atoms with E-state index in [9.17, 15) is 0 Å². The number of benzene rings is 4. The minimum atomic E-state index is 1.19. The number of hydrogen-bond donors (Lipinski definition) is 1. The third-order valence-electron chi connectivity index (χ3n) is 7.50. The summed E-state index contributed by atoms with van der Waals surface area (Å²) in [5.41, 5.74) is 13.2. The van der Waals surface area contributed by atoms with Gasteiger partial charge >= 0.3 is 0 Å². The molecule has 0 aliphatic carbocycles. The van der Waals surface area contributed by atoms with Crippen molar-refractivity contribution in [2.75, 3.05) is 0 Å². The summed E-state index contributed by atoms with van der Waals surface area (Å²) in [6, 6.07) is 22.0. The van der Waals surface area contributed by atoms with Crippen molar-refractivity contribution in [3.8, 4) is 5.69 Å². The fraction of sp³-hybridized carbons (Fsp3) is 0. The Bertz CT molecular complexity index is 1660. The van der Waals surface area contributed by atoms with Crippen LogP contribution in [0, 0.1) is 0 Å². The fourth-order valence-corrected chi connectivity index (χ4v) is 5.43. The van der Waals surface area contributed by atoms with E-state index in [1.807, 2.05) is 0 Å². The Morgan fingerprint density at radius 2 is 1.16 bits per heavy atom. The maximum absolute atomic E-state index is 3.73. The molecule has 0 spiro atoms. The zero-order chi connectivity index (χ0) is 21.4. The summed E-state index contributed by atoms with van der Waals surface area (Å²) in [6.45, 7) is 0. The van der Waals surface area contributed by atoms with E-state index in [2.05, 4.69) is 109 Å². The van der Waals surface area contributed by atoms with Crippen LogP contribution < -0.4 is 27.3 Å². The van der Waals surface area contributed by atoms with Gasteiger partial charge in [-0.15, -0.1) is 5.46 Å². The summed E-state index contributed by atoms with van der Waals surface area (Å²) in [5.74, 6) is 0. The number of aromatic amines is 1. The van der Waals surface area contributed by atoms with Crippen LogP contribution in [0.2, 0.25) is 0 Å². The first-order valence-corrected chi connectivity index (χ1v) is 11.0. The number of nitrogens with zero attached hydrogens (tertiary/aromatic N) is 1. The van der Waals surface area contributed by atoms with Crippen molar-refractivity contribution >= 4 is 110 Å². The van der Waals surface area contributed by atoms with Crippen molar-refractivity contribution in [1.29, 1.82) is 0 Å². The molecule has 0 amide bonds. The molecule has 4 aromatic carbocycles. The minimum Gasteiger partial charge on any atom is -0.354 e. The molecule has 0 fully saturated rings. The first kappa shape index (κ1) is 18.6. The molecule has 2 aromatic heterocycles. The smallest absolute Gasteiger partial charge is 0.141 e. The van der Waals surface area contributed by atoms with Crippen LogP contribution in [0.4, 0.5) is 0 Å². The topological polar surface area (TPSA) is 20.7 Å². The predicted molar refractivity (Wildman–Crippen MR) is 151 cm³/mol. The maximum atomic E-state index is 3.73. The molecule has 0 atom stereocenters. The quantitative estimate of drug-likeness (QED) is 0.305. The summed E-state index contributed by atoms with van der Waals surface area (Å²) in [6.07, 6.45) is 0. The van der Waals surface area contributed by atoms with Crippen LogP contribution in [-0.4, -0.2) is 48.8 Å². The van der Waals surface area contributed by atoms with Gasteiger partial charge in [-0.2, -0.15) is 0 Å². The van der Waals surface area contributed by atoms with E-state index in [0.717, 1.165) is 0 Å². The van der Waals surface area contributed by atoms with Crippen LogP contribution in [0.1, 0.15) is 0 Å². The lowest BCUT2D eigenvalue weighted by molar-refractivity contribution is 1.21. The highest BCUT2D eigenvalue weighted by molar-refractivity contribution is 6.68. The number of para-hydroxylation sites is 2. The van der Waals surface area contributed by atoms with Crippen molar-refractivity contribution in [1.82, 2.24) is 9.55 Å². The van der Waals surface area contributed by atoms with Crippen molar-refractivity contribution in [3.63, 3.8) is 0 Å². The average molecular weight is 392 g/mol. The van der Waals surface area contributed by atoms with Crippen LogP contribution >= 0.6 is 0 Å². The van der Waals surface area contributed by atoms with E-state index in [1.54, 1.807) is 0 Å². The second-order valence-electron chi connectivity index (χ2n) is 8.88. The number of rotatable bonds is 1. The van der Waals surface area contributed by atoms with E-state index < -0.39 is 0 Å². The standard InChI is InChI=1S/C24H21B5N2/c25-18-19(26)21(28)24(22(29)20(18)27)31-15-8-4-2-6-13(15)17-16(31)10-9-12-11-5-1-3-7-14(11)30-23(12)17/h1-10,30H,25-29H2. The van der Waals surface area contributed by atoms with Crippen LogP contribution in [0.15, 0.2) is 60.7 Å². The highest BCUT2D eigenvalue weighted by Gasteiger charge is 2.20. The lowest BCUT2D eigenvalue weighted by atomic mass is 9.61. The number of H-pyrrole nitrogens is 1. The van der Waals surface area contributed by atoms with Crippen molar-refractivity contribution in [2.45, 2.75) is 0 Å². The average Bonchev–Trinajstić information content (AvgIpc) is 3.33. The summed E-state index contributed by atoms with van der Waals surface area (Å²) in [7, 11) is 11.3. The zero-order valence-corrected chi connectivity index (χ0v) is 18.7. The third-order valence-corrected chi connectivity index (χ3v) is 7.50. The molecule has 0 bridgehead atoms. The molecule has 0 aliphatic rings. The molecular formula is C24H21B5N2. The van der Waals surface area contributed by atoms with Gasteiger partial charge in [0.1, 0.15) is 39.2 Å². The molecule has 0 aliphatic heterocycles. The normalized spacial score (nSPS) is 11.9. The van der Waals surface area contributed by atoms with Gasteiger partial charge in [-0.05, 0) is 18.2 Å². The first-order chi connectivity index (χ1) is 15.0. The van der Waals surface area contributed by atoms with Crippen molar-refractivity contribution in [2.24, 2.45) is 0 Å². The van der Waals surface area contributed by atoms with Crippen molar-refractivity contribution in [3.05, 3.63) is 60.7 Å². The lowest BCUT2D eigenvalue weighted by Crippen LogP contribution is -2.56. The summed E-state index contributed by atoms with van der Waals surface area (Å²) in [5, 5.41) is 5.17. The minimum absolute atomic E-state index is 1.19. The Morgan fingerprint density at radius 1 is 0.548 bits per heavy atom. The number of aromatic nitrogens is 2. The summed E-state index contributed by atoms with van der Waals surface area (Å²) in [4.78, 5) is 3.73. The number of fused-ring (bicyclic) bond motifs is 7. The molecule has 0 saturated carbocycles. The highest BCUT2D eigenvalue weighted by Crippen LogP contribution is 2.38. The highest BCUT2D eigenvalue weighted by atomic mass is 15.0. The molecule has 2 heterocycles. The largest absolute Gasteiger partial charge is 0.354 e. The summed E-state index contributed by atoms with van der Waals surface area (Å²) >= 11 is 0. The van der Waals surface area contributed by atoms with Gasteiger partial charge in [0, 0.05) is 32.7 Å².